The standard InChI is InChI=1S/C38H46Br2N6O4/c1-23-27(21-49-37-33(39)17-29(25(3)45-37)19-43-15-7-13-35(41)47)9-5-11-31(23)32-12-6-10-28(24(32)2)22-50-38-34(40)18-30(26(4)46-38)20-44-16-8-14-36(42)48/h5-6,9-12,17-18,43-44H,7-8,13-16,19-22H2,1-4H3,(H2,41,47)(H2,42,48). The molecule has 4 aromatic rings. The van der Waals surface area contributed by atoms with Crippen molar-refractivity contribution in [3.05, 3.63) is 102 Å². The molecule has 0 aliphatic heterocycles. The average molecular weight is 811 g/mol. The Hall–Kier alpha value is -3.84. The first-order valence-corrected chi connectivity index (χ1v) is 18.3. The number of aryl methyl sites for hydroxylation is 2. The van der Waals surface area contributed by atoms with E-state index >= 15 is 0 Å². The Kier molecular flexibility index (Phi) is 14.8. The molecule has 0 saturated heterocycles. The Morgan fingerprint density at radius 3 is 1.44 bits per heavy atom. The third-order valence-corrected chi connectivity index (χ3v) is 9.71. The number of hydrogen-bond acceptors (Lipinski definition) is 8. The topological polar surface area (TPSA) is 154 Å². The predicted molar refractivity (Wildman–Crippen MR) is 204 cm³/mol. The van der Waals surface area contributed by atoms with Crippen LogP contribution in [0.3, 0.4) is 0 Å². The van der Waals surface area contributed by atoms with Crippen molar-refractivity contribution in [2.75, 3.05) is 13.1 Å². The average Bonchev–Trinajstić information content (AvgIpc) is 3.06. The van der Waals surface area contributed by atoms with Crippen LogP contribution >= 0.6 is 31.9 Å². The van der Waals surface area contributed by atoms with Gasteiger partial charge in [0.15, 0.2) is 0 Å². The normalized spacial score (nSPS) is 11.1. The van der Waals surface area contributed by atoms with E-state index in [-0.39, 0.29) is 11.8 Å². The van der Waals surface area contributed by atoms with Gasteiger partial charge in [-0.3, -0.25) is 9.59 Å². The molecule has 0 unspecified atom stereocenters. The van der Waals surface area contributed by atoms with Gasteiger partial charge in [0, 0.05) is 37.3 Å². The summed E-state index contributed by atoms with van der Waals surface area (Å²) in [5.41, 5.74) is 21.0. The molecule has 6 N–H and O–H groups in total. The molecule has 0 radical (unpaired) electrons. The molecular weight excluding hydrogens is 764 g/mol. The van der Waals surface area contributed by atoms with Gasteiger partial charge in [0.1, 0.15) is 13.2 Å². The van der Waals surface area contributed by atoms with Crippen molar-refractivity contribution in [1.29, 1.82) is 0 Å². The molecular formula is C38H46Br2N6O4. The fourth-order valence-corrected chi connectivity index (χ4v) is 6.49. The second kappa shape index (κ2) is 19.0. The number of nitrogens with zero attached hydrogens (tertiary/aromatic N) is 2. The lowest BCUT2D eigenvalue weighted by molar-refractivity contribution is -0.118. The molecule has 0 spiro atoms. The van der Waals surface area contributed by atoms with E-state index in [0.717, 1.165) is 64.8 Å². The van der Waals surface area contributed by atoms with Gasteiger partial charge in [0.25, 0.3) is 0 Å². The van der Waals surface area contributed by atoms with Crippen molar-refractivity contribution in [3.63, 3.8) is 0 Å². The van der Waals surface area contributed by atoms with Crippen molar-refractivity contribution >= 4 is 43.7 Å². The van der Waals surface area contributed by atoms with Crippen LogP contribution in [-0.2, 0) is 35.9 Å². The van der Waals surface area contributed by atoms with Crippen molar-refractivity contribution in [3.8, 4) is 22.9 Å². The van der Waals surface area contributed by atoms with E-state index in [2.05, 4.69) is 92.7 Å². The highest BCUT2D eigenvalue weighted by Gasteiger charge is 2.15. The number of benzene rings is 2. The maximum Gasteiger partial charge on any atom is 0.228 e. The lowest BCUT2D eigenvalue weighted by Gasteiger charge is -2.17. The fourth-order valence-electron chi connectivity index (χ4n) is 5.53. The van der Waals surface area contributed by atoms with Crippen LogP contribution in [0, 0.1) is 27.7 Å². The van der Waals surface area contributed by atoms with Crippen molar-refractivity contribution in [2.45, 2.75) is 79.7 Å². The molecule has 0 saturated carbocycles. The van der Waals surface area contributed by atoms with Crippen molar-refractivity contribution in [1.82, 2.24) is 20.6 Å². The summed E-state index contributed by atoms with van der Waals surface area (Å²) in [5.74, 6) is 0.508. The molecule has 0 aliphatic rings. The summed E-state index contributed by atoms with van der Waals surface area (Å²) in [5, 5.41) is 6.68. The van der Waals surface area contributed by atoms with Gasteiger partial charge in [0.05, 0.1) is 8.95 Å². The van der Waals surface area contributed by atoms with Gasteiger partial charge in [-0.15, -0.1) is 0 Å². The number of ether oxygens (including phenoxy) is 2. The van der Waals surface area contributed by atoms with E-state index in [0.29, 0.717) is 76.8 Å². The molecule has 2 aromatic carbocycles. The van der Waals surface area contributed by atoms with E-state index in [4.69, 9.17) is 30.9 Å². The molecule has 4 rings (SSSR count). The number of primary amides is 2. The quantitative estimate of drug-likeness (QED) is 0.0758. The molecule has 0 atom stereocenters. The zero-order chi connectivity index (χ0) is 36.2. The number of amides is 2. The maximum absolute atomic E-state index is 11.0. The number of nitrogens with two attached hydrogens (primary N) is 2. The number of hydrogen-bond donors (Lipinski definition) is 4. The molecule has 2 aromatic heterocycles. The van der Waals surface area contributed by atoms with E-state index in [1.165, 1.54) is 0 Å². The van der Waals surface area contributed by atoms with Crippen LogP contribution in [-0.4, -0.2) is 34.9 Å². The van der Waals surface area contributed by atoms with Gasteiger partial charge in [-0.25, -0.2) is 9.97 Å². The molecule has 2 amide bonds. The smallest absolute Gasteiger partial charge is 0.228 e. The lowest BCUT2D eigenvalue weighted by atomic mass is 9.92. The largest absolute Gasteiger partial charge is 0.472 e. The first-order chi connectivity index (χ1) is 23.9. The van der Waals surface area contributed by atoms with Crippen LogP contribution in [0.2, 0.25) is 0 Å². The second-order valence-corrected chi connectivity index (χ2v) is 14.0. The van der Waals surface area contributed by atoms with Crippen LogP contribution in [0.25, 0.3) is 11.1 Å². The highest BCUT2D eigenvalue weighted by molar-refractivity contribution is 9.10. The highest BCUT2D eigenvalue weighted by atomic mass is 79.9. The number of carbonyl (C=O) groups excluding carboxylic acids is 2. The summed E-state index contributed by atoms with van der Waals surface area (Å²) in [6.07, 6.45) is 2.14. The number of nitrogens with one attached hydrogen (secondary N) is 2. The fraction of sp³-hybridized carbons (Fsp3) is 0.368. The summed E-state index contributed by atoms with van der Waals surface area (Å²) >= 11 is 7.27. The second-order valence-electron chi connectivity index (χ2n) is 12.3. The minimum atomic E-state index is -0.287. The van der Waals surface area contributed by atoms with Crippen LogP contribution in [0.5, 0.6) is 11.8 Å². The molecule has 0 aliphatic carbocycles. The van der Waals surface area contributed by atoms with Crippen molar-refractivity contribution in [2.24, 2.45) is 11.5 Å². The molecule has 2 heterocycles. The molecule has 10 nitrogen and oxygen atoms in total. The maximum atomic E-state index is 11.0. The Labute approximate surface area is 311 Å². The molecule has 12 heteroatoms. The summed E-state index contributed by atoms with van der Waals surface area (Å²) in [6.45, 7) is 11.6. The van der Waals surface area contributed by atoms with E-state index in [1.807, 2.05) is 26.0 Å². The number of carbonyl (C=O) groups is 2. The van der Waals surface area contributed by atoms with Gasteiger partial charge in [0.2, 0.25) is 23.6 Å². The van der Waals surface area contributed by atoms with Crippen LogP contribution in [0.1, 0.15) is 70.5 Å². The van der Waals surface area contributed by atoms with E-state index in [9.17, 15) is 9.59 Å². The molecule has 0 bridgehead atoms. The molecule has 0 fully saturated rings. The van der Waals surface area contributed by atoms with Gasteiger partial charge < -0.3 is 31.6 Å². The van der Waals surface area contributed by atoms with Crippen molar-refractivity contribution < 1.29 is 19.1 Å². The van der Waals surface area contributed by atoms with Crippen LogP contribution in [0.15, 0.2) is 57.5 Å². The molecule has 266 valence electrons. The number of halogens is 2. The zero-order valence-corrected chi connectivity index (χ0v) is 32.3. The number of pyridine rings is 2. The number of rotatable bonds is 19. The first-order valence-electron chi connectivity index (χ1n) is 16.7. The molecule has 50 heavy (non-hydrogen) atoms. The minimum Gasteiger partial charge on any atom is -0.472 e. The van der Waals surface area contributed by atoms with Gasteiger partial charge in [-0.1, -0.05) is 36.4 Å². The minimum absolute atomic E-state index is 0.287. The van der Waals surface area contributed by atoms with Crippen LogP contribution < -0.4 is 31.6 Å². The third-order valence-electron chi connectivity index (χ3n) is 8.57. The lowest BCUT2D eigenvalue weighted by Crippen LogP contribution is -2.19. The SMILES string of the molecule is Cc1nc(OCc2cccc(-c3cccc(COc4nc(C)c(CNCCCC(N)=O)cc4Br)c3C)c2C)c(Br)cc1CNCCCC(N)=O. The Balaban J connectivity index is 1.40. The Bertz CT molecular complexity index is 1690. The monoisotopic (exact) mass is 808 g/mol. The number of aromatic nitrogens is 2. The highest BCUT2D eigenvalue weighted by Crippen LogP contribution is 2.33. The van der Waals surface area contributed by atoms with E-state index in [1.54, 1.807) is 0 Å². The van der Waals surface area contributed by atoms with Gasteiger partial charge >= 0.3 is 0 Å². The van der Waals surface area contributed by atoms with Crippen LogP contribution in [0.4, 0.5) is 0 Å². The summed E-state index contributed by atoms with van der Waals surface area (Å²) < 4.78 is 14.0. The summed E-state index contributed by atoms with van der Waals surface area (Å²) in [7, 11) is 0. The van der Waals surface area contributed by atoms with Gasteiger partial charge in [-0.05, 0) is 142 Å². The Morgan fingerprint density at radius 2 is 1.06 bits per heavy atom. The first kappa shape index (κ1) is 39.0. The summed E-state index contributed by atoms with van der Waals surface area (Å²) in [4.78, 5) is 31.3. The summed E-state index contributed by atoms with van der Waals surface area (Å²) in [6, 6.07) is 16.6. The zero-order valence-electron chi connectivity index (χ0n) is 29.1. The Morgan fingerprint density at radius 1 is 0.660 bits per heavy atom. The van der Waals surface area contributed by atoms with E-state index < -0.39 is 0 Å². The van der Waals surface area contributed by atoms with Gasteiger partial charge in [-0.2, -0.15) is 0 Å². The predicted octanol–water partition coefficient (Wildman–Crippen LogP) is 6.77. The third kappa shape index (κ3) is 11.1.